The number of carbonyl (C=O) groups excluding carboxylic acids is 1. The molecule has 0 saturated heterocycles. The summed E-state index contributed by atoms with van der Waals surface area (Å²) in [5.41, 5.74) is 7.12. The summed E-state index contributed by atoms with van der Waals surface area (Å²) in [6, 6.07) is 0.0467. The number of carbonyl (C=O) groups is 1. The molecule has 0 spiro atoms. The zero-order valence-electron chi connectivity index (χ0n) is 10.5. The minimum absolute atomic E-state index is 0.0467. The number of rotatable bonds is 5. The van der Waals surface area contributed by atoms with Gasteiger partial charge < -0.3 is 15.7 Å². The lowest BCUT2D eigenvalue weighted by Gasteiger charge is -2.25. The minimum atomic E-state index is -0.199. The lowest BCUT2D eigenvalue weighted by molar-refractivity contribution is 0.0688. The summed E-state index contributed by atoms with van der Waals surface area (Å²) in [4.78, 5) is 13.9. The largest absolute Gasteiger partial charge is 0.396 e. The third-order valence-electron chi connectivity index (χ3n) is 2.64. The van der Waals surface area contributed by atoms with Gasteiger partial charge in [0, 0.05) is 19.2 Å². The summed E-state index contributed by atoms with van der Waals surface area (Å²) in [6.07, 6.45) is 0.549. The van der Waals surface area contributed by atoms with Crippen molar-refractivity contribution >= 4 is 11.6 Å². The number of nitrogens with two attached hydrogens (primary N) is 1. The maximum absolute atomic E-state index is 12.2. The second-order valence-corrected chi connectivity index (χ2v) is 4.28. The molecule has 1 rings (SSSR count). The highest BCUT2D eigenvalue weighted by atomic mass is 16.3. The van der Waals surface area contributed by atoms with E-state index in [0.717, 1.165) is 0 Å². The number of aromatic amines is 1. The molecule has 6 nitrogen and oxygen atoms in total. The number of anilines is 1. The van der Waals surface area contributed by atoms with Crippen molar-refractivity contribution in [1.82, 2.24) is 15.1 Å². The molecule has 0 atom stereocenters. The van der Waals surface area contributed by atoms with Gasteiger partial charge in [-0.05, 0) is 27.2 Å². The van der Waals surface area contributed by atoms with Crippen molar-refractivity contribution in [1.29, 1.82) is 0 Å². The van der Waals surface area contributed by atoms with E-state index in [1.807, 2.05) is 13.8 Å². The monoisotopic (exact) mass is 240 g/mol. The van der Waals surface area contributed by atoms with Crippen molar-refractivity contribution in [3.05, 3.63) is 11.4 Å². The van der Waals surface area contributed by atoms with Crippen LogP contribution in [0.25, 0.3) is 0 Å². The van der Waals surface area contributed by atoms with Gasteiger partial charge in [-0.1, -0.05) is 0 Å². The quantitative estimate of drug-likeness (QED) is 0.699. The number of aryl methyl sites for hydroxylation is 1. The highest BCUT2D eigenvalue weighted by molar-refractivity contribution is 5.97. The number of hydrogen-bond donors (Lipinski definition) is 3. The molecule has 0 fully saturated rings. The number of aliphatic hydroxyl groups excluding tert-OH is 1. The molecule has 1 amide bonds. The molecule has 0 bridgehead atoms. The van der Waals surface area contributed by atoms with Gasteiger partial charge >= 0.3 is 0 Å². The topological polar surface area (TPSA) is 95.2 Å². The van der Waals surface area contributed by atoms with Gasteiger partial charge in [0.05, 0.1) is 11.4 Å². The van der Waals surface area contributed by atoms with Gasteiger partial charge in [0.15, 0.2) is 5.69 Å². The molecule has 0 unspecified atom stereocenters. The Balaban J connectivity index is 2.88. The van der Waals surface area contributed by atoms with Crippen molar-refractivity contribution in [2.24, 2.45) is 0 Å². The third kappa shape index (κ3) is 2.97. The molecule has 0 radical (unpaired) electrons. The molecule has 0 aliphatic carbocycles. The number of amides is 1. The predicted octanol–water partition coefficient (Wildman–Crippen LogP) is 0.533. The fourth-order valence-electron chi connectivity index (χ4n) is 1.57. The zero-order chi connectivity index (χ0) is 13.0. The number of hydrogen-bond acceptors (Lipinski definition) is 4. The van der Waals surface area contributed by atoms with Crippen LogP contribution in [0.2, 0.25) is 0 Å². The van der Waals surface area contributed by atoms with Crippen molar-refractivity contribution in [3.63, 3.8) is 0 Å². The average Bonchev–Trinajstić information content (AvgIpc) is 2.59. The van der Waals surface area contributed by atoms with Crippen LogP contribution in [0.3, 0.4) is 0 Å². The Hall–Kier alpha value is -1.56. The van der Waals surface area contributed by atoms with Gasteiger partial charge in [0.2, 0.25) is 0 Å². The molecule has 17 heavy (non-hydrogen) atoms. The van der Waals surface area contributed by atoms with E-state index in [4.69, 9.17) is 10.8 Å². The van der Waals surface area contributed by atoms with Crippen LogP contribution in [-0.4, -0.2) is 45.3 Å². The standard InChI is InChI=1S/C11H20N4O2/c1-7(2)15(5-4-6-16)11(17)10-9(12)8(3)13-14-10/h7,16H,4-6,12H2,1-3H3,(H,13,14). The number of aromatic nitrogens is 2. The third-order valence-corrected chi connectivity index (χ3v) is 2.64. The average molecular weight is 240 g/mol. The van der Waals surface area contributed by atoms with Crippen LogP contribution >= 0.6 is 0 Å². The van der Waals surface area contributed by atoms with Gasteiger partial charge in [-0.15, -0.1) is 0 Å². The number of nitrogen functional groups attached to an aromatic ring is 1. The van der Waals surface area contributed by atoms with E-state index in [1.54, 1.807) is 11.8 Å². The van der Waals surface area contributed by atoms with Crippen LogP contribution in [0.5, 0.6) is 0 Å². The minimum Gasteiger partial charge on any atom is -0.396 e. The van der Waals surface area contributed by atoms with Crippen molar-refractivity contribution < 1.29 is 9.90 Å². The van der Waals surface area contributed by atoms with Gasteiger partial charge in [0.25, 0.3) is 5.91 Å². The molecule has 0 aromatic carbocycles. The van der Waals surface area contributed by atoms with Gasteiger partial charge in [-0.2, -0.15) is 5.10 Å². The van der Waals surface area contributed by atoms with Crippen molar-refractivity contribution in [2.45, 2.75) is 33.2 Å². The summed E-state index contributed by atoms with van der Waals surface area (Å²) in [7, 11) is 0. The molecule has 6 heteroatoms. The number of aliphatic hydroxyl groups is 1. The van der Waals surface area contributed by atoms with Crippen LogP contribution in [0.4, 0.5) is 5.69 Å². The summed E-state index contributed by atoms with van der Waals surface area (Å²) < 4.78 is 0. The first kappa shape index (κ1) is 13.5. The maximum Gasteiger partial charge on any atom is 0.276 e. The molecule has 1 aromatic rings. The van der Waals surface area contributed by atoms with Gasteiger partial charge in [-0.25, -0.2) is 0 Å². The first-order valence-electron chi connectivity index (χ1n) is 5.71. The van der Waals surface area contributed by atoms with Crippen molar-refractivity contribution in [3.8, 4) is 0 Å². The molecule has 1 heterocycles. The molecule has 0 aliphatic heterocycles. The van der Waals surface area contributed by atoms with E-state index in [1.165, 1.54) is 0 Å². The van der Waals surface area contributed by atoms with Crippen LogP contribution in [-0.2, 0) is 0 Å². The number of H-pyrrole nitrogens is 1. The highest BCUT2D eigenvalue weighted by Crippen LogP contribution is 2.16. The van der Waals surface area contributed by atoms with Gasteiger partial charge in [0.1, 0.15) is 0 Å². The lowest BCUT2D eigenvalue weighted by Crippen LogP contribution is -2.38. The normalized spacial score (nSPS) is 10.9. The molecule has 0 saturated carbocycles. The summed E-state index contributed by atoms with van der Waals surface area (Å²) in [5, 5.41) is 15.4. The van der Waals surface area contributed by atoms with Crippen LogP contribution in [0.1, 0.15) is 36.5 Å². The SMILES string of the molecule is Cc1[nH]nc(C(=O)N(CCCO)C(C)C)c1N. The second kappa shape index (κ2) is 5.67. The van der Waals surface area contributed by atoms with E-state index < -0.39 is 0 Å². The Bertz CT molecular complexity index is 387. The number of nitrogens with one attached hydrogen (secondary N) is 1. The zero-order valence-corrected chi connectivity index (χ0v) is 10.5. The Morgan fingerprint density at radius 1 is 1.59 bits per heavy atom. The maximum atomic E-state index is 12.2. The molecular weight excluding hydrogens is 220 g/mol. The summed E-state index contributed by atoms with van der Waals surface area (Å²) in [5.74, 6) is -0.199. The molecule has 4 N–H and O–H groups in total. The first-order chi connectivity index (χ1) is 7.99. The molecular formula is C11H20N4O2. The first-order valence-corrected chi connectivity index (χ1v) is 5.71. The Labute approximate surface area is 101 Å². The smallest absolute Gasteiger partial charge is 0.276 e. The van der Waals surface area contributed by atoms with Crippen LogP contribution in [0.15, 0.2) is 0 Å². The van der Waals surface area contributed by atoms with E-state index in [2.05, 4.69) is 10.2 Å². The Morgan fingerprint density at radius 2 is 2.24 bits per heavy atom. The van der Waals surface area contributed by atoms with Crippen LogP contribution in [0, 0.1) is 6.92 Å². The van der Waals surface area contributed by atoms with E-state index in [-0.39, 0.29) is 24.2 Å². The van der Waals surface area contributed by atoms with Crippen molar-refractivity contribution in [2.75, 3.05) is 18.9 Å². The van der Waals surface area contributed by atoms with Gasteiger partial charge in [-0.3, -0.25) is 9.89 Å². The van der Waals surface area contributed by atoms with E-state index >= 15 is 0 Å². The molecule has 0 aliphatic rings. The molecule has 96 valence electrons. The lowest BCUT2D eigenvalue weighted by atomic mass is 10.2. The number of nitrogens with zero attached hydrogens (tertiary/aromatic N) is 2. The molecule has 1 aromatic heterocycles. The highest BCUT2D eigenvalue weighted by Gasteiger charge is 2.23. The Morgan fingerprint density at radius 3 is 2.65 bits per heavy atom. The van der Waals surface area contributed by atoms with E-state index in [9.17, 15) is 4.79 Å². The Kier molecular flexibility index (Phi) is 4.51. The summed E-state index contributed by atoms with van der Waals surface area (Å²) in [6.45, 7) is 6.17. The fraction of sp³-hybridized carbons (Fsp3) is 0.636. The predicted molar refractivity (Wildman–Crippen MR) is 65.6 cm³/mol. The second-order valence-electron chi connectivity index (χ2n) is 4.28. The van der Waals surface area contributed by atoms with E-state index in [0.29, 0.717) is 24.3 Å². The fourth-order valence-corrected chi connectivity index (χ4v) is 1.57. The van der Waals surface area contributed by atoms with Crippen LogP contribution < -0.4 is 5.73 Å². The summed E-state index contributed by atoms with van der Waals surface area (Å²) >= 11 is 0.